The normalized spacial score (nSPS) is 18.0. The summed E-state index contributed by atoms with van der Waals surface area (Å²) in [5.74, 6) is -0.798. The fourth-order valence-corrected chi connectivity index (χ4v) is 3.39. The zero-order chi connectivity index (χ0) is 12.5. The van der Waals surface area contributed by atoms with E-state index in [-0.39, 0.29) is 6.42 Å². The number of fused-ring (bicyclic) bond motifs is 1. The van der Waals surface area contributed by atoms with Crippen LogP contribution >= 0.6 is 11.8 Å². The Morgan fingerprint density at radius 2 is 2.17 bits per heavy atom. The summed E-state index contributed by atoms with van der Waals surface area (Å²) in [6, 6.07) is 9.92. The molecule has 0 atom stereocenters. The van der Waals surface area contributed by atoms with Gasteiger partial charge < -0.3 is 10.0 Å². The Labute approximate surface area is 109 Å². The molecule has 0 amide bonds. The highest BCUT2D eigenvalue weighted by atomic mass is 32.2. The minimum absolute atomic E-state index is 0.0599. The summed E-state index contributed by atoms with van der Waals surface area (Å²) in [7, 11) is 0. The van der Waals surface area contributed by atoms with Crippen molar-refractivity contribution >= 4 is 28.6 Å². The van der Waals surface area contributed by atoms with E-state index in [9.17, 15) is 4.79 Å². The van der Waals surface area contributed by atoms with Crippen molar-refractivity contribution in [1.82, 2.24) is 4.90 Å². The van der Waals surface area contributed by atoms with Crippen molar-refractivity contribution in [2.75, 3.05) is 13.1 Å². The number of amidine groups is 1. The summed E-state index contributed by atoms with van der Waals surface area (Å²) in [6.45, 7) is 1.63. The molecule has 4 nitrogen and oxygen atoms in total. The number of aliphatic carboxylic acids is 1. The largest absolute Gasteiger partial charge is 0.481 e. The van der Waals surface area contributed by atoms with E-state index in [0.717, 1.165) is 34.4 Å². The van der Waals surface area contributed by atoms with Crippen molar-refractivity contribution in [2.24, 2.45) is 4.99 Å². The summed E-state index contributed by atoms with van der Waals surface area (Å²) >= 11 is 1.49. The molecule has 0 radical (unpaired) electrons. The number of carboxylic acids is 1. The number of carbonyl (C=O) groups is 1. The predicted molar refractivity (Wildman–Crippen MR) is 72.2 cm³/mol. The van der Waals surface area contributed by atoms with E-state index in [4.69, 9.17) is 5.11 Å². The fraction of sp³-hybridized carbons (Fsp3) is 0.231. The maximum Gasteiger partial charge on any atom is 0.308 e. The van der Waals surface area contributed by atoms with Gasteiger partial charge in [0.2, 0.25) is 0 Å². The van der Waals surface area contributed by atoms with Crippen LogP contribution in [0, 0.1) is 0 Å². The smallest absolute Gasteiger partial charge is 0.308 e. The van der Waals surface area contributed by atoms with E-state index in [1.54, 1.807) is 0 Å². The first kappa shape index (κ1) is 11.3. The van der Waals surface area contributed by atoms with Crippen LogP contribution < -0.4 is 0 Å². The maximum atomic E-state index is 10.9. The van der Waals surface area contributed by atoms with E-state index in [1.165, 1.54) is 11.8 Å². The Morgan fingerprint density at radius 3 is 2.89 bits per heavy atom. The van der Waals surface area contributed by atoms with Crippen molar-refractivity contribution in [2.45, 2.75) is 6.42 Å². The summed E-state index contributed by atoms with van der Waals surface area (Å²) < 4.78 is 0. The highest BCUT2D eigenvalue weighted by Crippen LogP contribution is 2.42. The molecule has 0 spiro atoms. The first-order chi connectivity index (χ1) is 8.75. The SMILES string of the molecule is O=C(O)CC1=C(c2ccccc2)N2CCN=C2S1. The lowest BCUT2D eigenvalue weighted by Crippen LogP contribution is -2.20. The summed E-state index contributed by atoms with van der Waals surface area (Å²) in [5, 5.41) is 9.93. The van der Waals surface area contributed by atoms with E-state index < -0.39 is 5.97 Å². The highest BCUT2D eigenvalue weighted by molar-refractivity contribution is 8.17. The molecule has 0 aliphatic carbocycles. The molecule has 1 aromatic rings. The quantitative estimate of drug-likeness (QED) is 0.905. The number of hydrogen-bond donors (Lipinski definition) is 1. The van der Waals surface area contributed by atoms with Crippen LogP contribution in [0.4, 0.5) is 0 Å². The number of aliphatic imine (C=N–C) groups is 1. The van der Waals surface area contributed by atoms with Crippen LogP contribution in [0.3, 0.4) is 0 Å². The van der Waals surface area contributed by atoms with Gasteiger partial charge in [-0.05, 0) is 5.56 Å². The first-order valence-electron chi connectivity index (χ1n) is 5.76. The molecule has 5 heteroatoms. The first-order valence-corrected chi connectivity index (χ1v) is 6.57. The molecule has 92 valence electrons. The molecule has 0 unspecified atom stereocenters. The molecule has 0 bridgehead atoms. The average Bonchev–Trinajstić information content (AvgIpc) is 2.89. The van der Waals surface area contributed by atoms with Crippen LogP contribution in [0.5, 0.6) is 0 Å². The molecule has 0 aromatic heterocycles. The molecule has 2 heterocycles. The lowest BCUT2D eigenvalue weighted by atomic mass is 10.1. The second-order valence-corrected chi connectivity index (χ2v) is 5.19. The second kappa shape index (κ2) is 4.49. The molecule has 3 rings (SSSR count). The molecule has 2 aliphatic rings. The minimum atomic E-state index is -0.798. The number of carboxylic acid groups (broad SMARTS) is 1. The number of hydrogen-bond acceptors (Lipinski definition) is 4. The summed E-state index contributed by atoms with van der Waals surface area (Å²) in [6.07, 6.45) is 0.0599. The Morgan fingerprint density at radius 1 is 1.39 bits per heavy atom. The standard InChI is InChI=1S/C13H12N2O2S/c16-11(17)8-10-12(9-4-2-1-3-5-9)15-7-6-14-13(15)18-10/h1-5H,6-8H2,(H,16,17). The van der Waals surface area contributed by atoms with Crippen molar-refractivity contribution in [1.29, 1.82) is 0 Å². The summed E-state index contributed by atoms with van der Waals surface area (Å²) in [5.41, 5.74) is 2.08. The van der Waals surface area contributed by atoms with Crippen LogP contribution in [-0.4, -0.2) is 34.2 Å². The van der Waals surface area contributed by atoms with E-state index in [1.807, 2.05) is 30.3 Å². The van der Waals surface area contributed by atoms with Crippen molar-refractivity contribution in [3.05, 3.63) is 40.8 Å². The lowest BCUT2D eigenvalue weighted by Gasteiger charge is -2.17. The van der Waals surface area contributed by atoms with Crippen molar-refractivity contribution in [3.63, 3.8) is 0 Å². The van der Waals surface area contributed by atoms with E-state index in [0.29, 0.717) is 0 Å². The zero-order valence-electron chi connectivity index (χ0n) is 9.67. The van der Waals surface area contributed by atoms with Crippen LogP contribution in [0.25, 0.3) is 5.70 Å². The molecule has 2 aliphatic heterocycles. The van der Waals surface area contributed by atoms with Crippen LogP contribution in [-0.2, 0) is 4.79 Å². The van der Waals surface area contributed by atoms with E-state index >= 15 is 0 Å². The third-order valence-electron chi connectivity index (χ3n) is 2.91. The monoisotopic (exact) mass is 260 g/mol. The molecule has 0 saturated heterocycles. The van der Waals surface area contributed by atoms with Gasteiger partial charge in [0.05, 0.1) is 18.7 Å². The van der Waals surface area contributed by atoms with Crippen molar-refractivity contribution < 1.29 is 9.90 Å². The molecular formula is C13H12N2O2S. The lowest BCUT2D eigenvalue weighted by molar-refractivity contribution is -0.136. The third kappa shape index (κ3) is 1.90. The van der Waals surface area contributed by atoms with Gasteiger partial charge in [0, 0.05) is 11.4 Å². The Kier molecular flexibility index (Phi) is 2.83. The van der Waals surface area contributed by atoms with Gasteiger partial charge in [-0.1, -0.05) is 42.1 Å². The number of thioether (sulfide) groups is 1. The Bertz CT molecular complexity index is 551. The van der Waals surface area contributed by atoms with Gasteiger partial charge in [-0.25, -0.2) is 0 Å². The van der Waals surface area contributed by atoms with Crippen molar-refractivity contribution in [3.8, 4) is 0 Å². The topological polar surface area (TPSA) is 52.9 Å². The van der Waals surface area contributed by atoms with Gasteiger partial charge in [0.25, 0.3) is 0 Å². The second-order valence-electron chi connectivity index (χ2n) is 4.13. The number of benzene rings is 1. The van der Waals surface area contributed by atoms with Gasteiger partial charge in [-0.3, -0.25) is 9.79 Å². The molecule has 0 fully saturated rings. The number of nitrogens with zero attached hydrogens (tertiary/aromatic N) is 2. The predicted octanol–water partition coefficient (Wildman–Crippen LogP) is 2.25. The average molecular weight is 260 g/mol. The van der Waals surface area contributed by atoms with Gasteiger partial charge in [0.1, 0.15) is 0 Å². The molecule has 0 saturated carbocycles. The number of rotatable bonds is 3. The fourth-order valence-electron chi connectivity index (χ4n) is 2.20. The molecular weight excluding hydrogens is 248 g/mol. The maximum absolute atomic E-state index is 10.9. The van der Waals surface area contributed by atoms with Gasteiger partial charge in [-0.15, -0.1) is 0 Å². The molecule has 1 aromatic carbocycles. The Balaban J connectivity index is 2.04. The van der Waals surface area contributed by atoms with Gasteiger partial charge in [-0.2, -0.15) is 0 Å². The zero-order valence-corrected chi connectivity index (χ0v) is 10.5. The molecule has 1 N–H and O–H groups in total. The van der Waals surface area contributed by atoms with Crippen LogP contribution in [0.15, 0.2) is 40.2 Å². The van der Waals surface area contributed by atoms with Gasteiger partial charge >= 0.3 is 5.97 Å². The van der Waals surface area contributed by atoms with Crippen LogP contribution in [0.2, 0.25) is 0 Å². The highest BCUT2D eigenvalue weighted by Gasteiger charge is 2.33. The minimum Gasteiger partial charge on any atom is -0.481 e. The molecule has 18 heavy (non-hydrogen) atoms. The van der Waals surface area contributed by atoms with Crippen LogP contribution in [0.1, 0.15) is 12.0 Å². The van der Waals surface area contributed by atoms with E-state index in [2.05, 4.69) is 9.89 Å². The Hall–Kier alpha value is -1.75. The van der Waals surface area contributed by atoms with Gasteiger partial charge in [0.15, 0.2) is 5.17 Å². The summed E-state index contributed by atoms with van der Waals surface area (Å²) in [4.78, 5) is 18.4. The third-order valence-corrected chi connectivity index (χ3v) is 4.03.